The molecule has 2 bridgehead atoms. The quantitative estimate of drug-likeness (QED) is 0.213. The van der Waals surface area contributed by atoms with E-state index in [1.807, 2.05) is 19.1 Å². The van der Waals surface area contributed by atoms with Gasteiger partial charge < -0.3 is 14.2 Å². The molecule has 2 atom stereocenters. The first-order valence-corrected chi connectivity index (χ1v) is 13.3. The number of benzene rings is 1. The highest BCUT2D eigenvalue weighted by molar-refractivity contribution is 5.71. The number of fused-ring (bicyclic) bond motifs is 3. The topological polar surface area (TPSA) is 44.8 Å². The normalized spacial score (nSPS) is 31.7. The number of ether oxygens (including phenoxy) is 3. The van der Waals surface area contributed by atoms with E-state index in [1.54, 1.807) is 0 Å². The van der Waals surface area contributed by atoms with E-state index in [-0.39, 0.29) is 25.1 Å². The van der Waals surface area contributed by atoms with Gasteiger partial charge in [-0.25, -0.2) is 0 Å². The van der Waals surface area contributed by atoms with E-state index in [1.165, 1.54) is 69.8 Å². The maximum Gasteiger partial charge on any atom is 0.312 e. The molecule has 1 heterocycles. The van der Waals surface area contributed by atoms with Crippen molar-refractivity contribution in [2.24, 2.45) is 5.41 Å². The van der Waals surface area contributed by atoms with E-state index in [0.29, 0.717) is 17.4 Å². The van der Waals surface area contributed by atoms with E-state index in [4.69, 9.17) is 14.2 Å². The van der Waals surface area contributed by atoms with Crippen LogP contribution in [0, 0.1) is 5.41 Å². The van der Waals surface area contributed by atoms with Crippen LogP contribution in [0.1, 0.15) is 108 Å². The van der Waals surface area contributed by atoms with Gasteiger partial charge in [-0.2, -0.15) is 0 Å². The zero-order valence-electron chi connectivity index (χ0n) is 20.7. The summed E-state index contributed by atoms with van der Waals surface area (Å²) in [6.07, 6.45) is 18.1. The van der Waals surface area contributed by atoms with Crippen LogP contribution in [0.3, 0.4) is 0 Å². The van der Waals surface area contributed by atoms with Gasteiger partial charge in [0.05, 0.1) is 13.0 Å². The van der Waals surface area contributed by atoms with Crippen LogP contribution < -0.4 is 0 Å². The van der Waals surface area contributed by atoms with Crippen molar-refractivity contribution >= 4 is 5.97 Å². The molecule has 3 aliphatic carbocycles. The second kappa shape index (κ2) is 11.2. The second-order valence-electron chi connectivity index (χ2n) is 10.5. The van der Waals surface area contributed by atoms with Gasteiger partial charge in [-0.15, -0.1) is 0 Å². The third kappa shape index (κ3) is 5.89. The predicted octanol–water partition coefficient (Wildman–Crippen LogP) is 7.17. The number of carbonyl (C=O) groups is 1. The average molecular weight is 455 g/mol. The molecule has 33 heavy (non-hydrogen) atoms. The third-order valence-electron chi connectivity index (χ3n) is 8.42. The molecule has 4 heteroatoms. The number of hydrogen-bond donors (Lipinski definition) is 0. The number of rotatable bonds is 10. The van der Waals surface area contributed by atoms with Gasteiger partial charge in [0.15, 0.2) is 0 Å². The van der Waals surface area contributed by atoms with Crippen LogP contribution in [-0.2, 0) is 24.4 Å². The molecule has 1 aliphatic heterocycles. The second-order valence-corrected chi connectivity index (χ2v) is 10.5. The Balaban J connectivity index is 1.27. The summed E-state index contributed by atoms with van der Waals surface area (Å²) < 4.78 is 17.1. The van der Waals surface area contributed by atoms with Crippen molar-refractivity contribution in [3.05, 3.63) is 47.5 Å². The van der Waals surface area contributed by atoms with E-state index < -0.39 is 6.29 Å². The van der Waals surface area contributed by atoms with E-state index in [9.17, 15) is 4.79 Å². The fourth-order valence-electron chi connectivity index (χ4n) is 6.16. The molecule has 1 aromatic carbocycles. The minimum atomic E-state index is -0.607. The summed E-state index contributed by atoms with van der Waals surface area (Å²) in [4.78, 5) is 11.9. The van der Waals surface area contributed by atoms with Crippen molar-refractivity contribution < 1.29 is 19.0 Å². The van der Waals surface area contributed by atoms with Crippen molar-refractivity contribution in [2.75, 3.05) is 13.2 Å². The number of carbonyl (C=O) groups excluding carboxylic acids is 1. The molecule has 1 aromatic rings. The largest absolute Gasteiger partial charge is 0.433 e. The Morgan fingerprint density at radius 3 is 2.30 bits per heavy atom. The minimum Gasteiger partial charge on any atom is -0.433 e. The summed E-state index contributed by atoms with van der Waals surface area (Å²) >= 11 is 0. The first-order chi connectivity index (χ1) is 16.1. The number of allylic oxidation sites excluding steroid dienone is 1. The molecule has 4 nitrogen and oxygen atoms in total. The van der Waals surface area contributed by atoms with Crippen molar-refractivity contribution in [1.82, 2.24) is 0 Å². The van der Waals surface area contributed by atoms with Gasteiger partial charge in [0.25, 0.3) is 0 Å². The lowest BCUT2D eigenvalue weighted by Crippen LogP contribution is -2.44. The first-order valence-electron chi connectivity index (χ1n) is 13.3. The van der Waals surface area contributed by atoms with Gasteiger partial charge in [-0.05, 0) is 73.3 Å². The summed E-state index contributed by atoms with van der Waals surface area (Å²) in [7, 11) is 0. The summed E-state index contributed by atoms with van der Waals surface area (Å²) in [5.41, 5.74) is 3.69. The summed E-state index contributed by atoms with van der Waals surface area (Å²) in [6.45, 7) is 5.03. The fourth-order valence-corrected chi connectivity index (χ4v) is 6.16. The van der Waals surface area contributed by atoms with Crippen LogP contribution in [0.5, 0.6) is 0 Å². The van der Waals surface area contributed by atoms with Crippen molar-refractivity contribution in [3.63, 3.8) is 0 Å². The number of unbranched alkanes of at least 4 members (excludes halogenated alkanes) is 2. The molecule has 3 saturated carbocycles. The van der Waals surface area contributed by atoms with Gasteiger partial charge >= 0.3 is 5.97 Å². The van der Waals surface area contributed by atoms with Crippen molar-refractivity contribution in [1.29, 1.82) is 0 Å². The molecule has 0 spiro atoms. The van der Waals surface area contributed by atoms with Gasteiger partial charge in [-0.3, -0.25) is 4.79 Å². The Morgan fingerprint density at radius 1 is 0.970 bits per heavy atom. The molecule has 5 rings (SSSR count). The molecule has 0 unspecified atom stereocenters. The third-order valence-corrected chi connectivity index (χ3v) is 8.42. The molecule has 1 saturated heterocycles. The molecule has 0 radical (unpaired) electrons. The van der Waals surface area contributed by atoms with Crippen LogP contribution in [-0.4, -0.2) is 25.5 Å². The van der Waals surface area contributed by atoms with Crippen LogP contribution in [0.15, 0.2) is 36.4 Å². The Kier molecular flexibility index (Phi) is 8.29. The van der Waals surface area contributed by atoms with Crippen molar-refractivity contribution in [3.8, 4) is 0 Å². The summed E-state index contributed by atoms with van der Waals surface area (Å²) in [6, 6.07) is 9.11. The van der Waals surface area contributed by atoms with Crippen LogP contribution in [0.4, 0.5) is 0 Å². The predicted molar refractivity (Wildman–Crippen MR) is 131 cm³/mol. The molecule has 182 valence electrons. The number of hydrogen-bond acceptors (Lipinski definition) is 4. The zero-order chi connectivity index (χ0) is 23.2. The van der Waals surface area contributed by atoms with Gasteiger partial charge in [0.2, 0.25) is 6.29 Å². The Morgan fingerprint density at radius 2 is 1.70 bits per heavy atom. The van der Waals surface area contributed by atoms with Crippen LogP contribution >= 0.6 is 0 Å². The monoisotopic (exact) mass is 454 g/mol. The highest BCUT2D eigenvalue weighted by Crippen LogP contribution is 2.59. The molecule has 4 aliphatic rings. The van der Waals surface area contributed by atoms with E-state index >= 15 is 0 Å². The molecule has 4 fully saturated rings. The first kappa shape index (κ1) is 24.5. The molecular formula is C29H42O4. The summed E-state index contributed by atoms with van der Waals surface area (Å²) in [5.74, 6) is -0.273. The molecular weight excluding hydrogens is 412 g/mol. The maximum atomic E-state index is 11.9. The van der Waals surface area contributed by atoms with Crippen LogP contribution in [0.25, 0.3) is 0 Å². The standard InChI is InChI=1S/C29H42O4/c1-3-5-7-9-26(30)33-27-22-31-25(21-32-27)23-10-12-24(13-11-23)29-18-15-28(16-19-29,17-20-29)14-8-6-4-2/h5,7,10-13,25,27H,3-4,6,8-9,14-22H2,1-2H3/b7-5-/t25-,27-,28?,29?/m1/s1. The lowest BCUT2D eigenvalue weighted by molar-refractivity contribution is -0.232. The van der Waals surface area contributed by atoms with E-state index in [2.05, 4.69) is 31.2 Å². The minimum absolute atomic E-state index is 0.101. The van der Waals surface area contributed by atoms with Gasteiger partial charge in [0.1, 0.15) is 12.7 Å². The van der Waals surface area contributed by atoms with E-state index in [0.717, 1.165) is 12.0 Å². The Hall–Kier alpha value is -1.65. The average Bonchev–Trinajstić information content (AvgIpc) is 2.86. The van der Waals surface area contributed by atoms with Crippen molar-refractivity contribution in [2.45, 2.75) is 109 Å². The Labute approximate surface area is 200 Å². The number of esters is 1. The van der Waals surface area contributed by atoms with Gasteiger partial charge in [0, 0.05) is 0 Å². The molecule has 0 aromatic heterocycles. The highest BCUT2D eigenvalue weighted by Gasteiger charge is 2.48. The molecule has 0 amide bonds. The fraction of sp³-hybridized carbons (Fsp3) is 0.690. The summed E-state index contributed by atoms with van der Waals surface area (Å²) in [5, 5.41) is 0. The lowest BCUT2D eigenvalue weighted by atomic mass is 9.51. The lowest BCUT2D eigenvalue weighted by Gasteiger charge is -2.54. The maximum absolute atomic E-state index is 11.9. The molecule has 0 N–H and O–H groups in total. The SMILES string of the molecule is CC/C=C\CC(=O)O[C@@H]1CO[C@@H](c2ccc(C34CCC(CCCCC)(CC3)CC4)cc2)CO1. The smallest absolute Gasteiger partial charge is 0.312 e. The van der Waals surface area contributed by atoms with Crippen LogP contribution in [0.2, 0.25) is 0 Å². The Bertz CT molecular complexity index is 764. The zero-order valence-corrected chi connectivity index (χ0v) is 20.7. The van der Waals surface area contributed by atoms with Gasteiger partial charge in [-0.1, -0.05) is 69.5 Å². The highest BCUT2D eigenvalue weighted by atomic mass is 16.7.